The van der Waals surface area contributed by atoms with E-state index in [0.29, 0.717) is 0 Å². The molecule has 0 aliphatic carbocycles. The molecule has 1 unspecified atom stereocenters. The molecule has 0 bridgehead atoms. The largest absolute Gasteiger partial charge is 0.326 e. The number of rotatable bonds is 1. The average molecular weight is 282 g/mol. The minimum Gasteiger partial charge on any atom is -0.315 e. The molecular formula is C11H12BrN3O. The van der Waals surface area contributed by atoms with Crippen molar-refractivity contribution >= 4 is 27.0 Å². The molecule has 2 aromatic rings. The first-order valence-corrected chi connectivity index (χ1v) is 6.16. The number of imidazole rings is 1. The van der Waals surface area contributed by atoms with Gasteiger partial charge in [-0.2, -0.15) is 0 Å². The van der Waals surface area contributed by atoms with Crippen molar-refractivity contribution in [3.63, 3.8) is 0 Å². The molecule has 1 aliphatic rings. The second-order valence-electron chi connectivity index (χ2n) is 4.08. The van der Waals surface area contributed by atoms with E-state index in [1.165, 1.54) is 0 Å². The van der Waals surface area contributed by atoms with Gasteiger partial charge in [-0.05, 0) is 41.0 Å². The first kappa shape index (κ1) is 10.1. The van der Waals surface area contributed by atoms with Crippen LogP contribution in [0.1, 0.15) is 12.5 Å². The van der Waals surface area contributed by atoms with Crippen LogP contribution >= 0.6 is 15.9 Å². The smallest absolute Gasteiger partial charge is 0.315 e. The van der Waals surface area contributed by atoms with Crippen LogP contribution in [0.4, 0.5) is 0 Å². The van der Waals surface area contributed by atoms with Crippen LogP contribution in [0.2, 0.25) is 0 Å². The maximum absolute atomic E-state index is 11.9. The fourth-order valence-corrected chi connectivity index (χ4v) is 2.90. The summed E-state index contributed by atoms with van der Waals surface area (Å²) in [5, 5.41) is 3.28. The zero-order valence-corrected chi connectivity index (χ0v) is 10.3. The van der Waals surface area contributed by atoms with E-state index in [4.69, 9.17) is 0 Å². The van der Waals surface area contributed by atoms with Crippen molar-refractivity contribution in [2.75, 3.05) is 13.1 Å². The molecule has 0 saturated carbocycles. The molecule has 0 amide bonds. The predicted octanol–water partition coefficient (Wildman–Crippen LogP) is 1.63. The van der Waals surface area contributed by atoms with Gasteiger partial charge in [0.25, 0.3) is 0 Å². The van der Waals surface area contributed by atoms with Crippen LogP contribution in [0.3, 0.4) is 0 Å². The molecule has 2 heterocycles. The van der Waals surface area contributed by atoms with Gasteiger partial charge in [0, 0.05) is 11.0 Å². The molecule has 1 atom stereocenters. The summed E-state index contributed by atoms with van der Waals surface area (Å²) in [4.78, 5) is 14.8. The first-order chi connectivity index (χ1) is 7.77. The SMILES string of the molecule is O=c1[nH]c2cccc(Br)c2n1C1CCNC1. The highest BCUT2D eigenvalue weighted by atomic mass is 79.9. The van der Waals surface area contributed by atoms with Gasteiger partial charge in [0.2, 0.25) is 0 Å². The Kier molecular flexibility index (Phi) is 2.37. The fourth-order valence-electron chi connectivity index (χ4n) is 2.35. The predicted molar refractivity (Wildman–Crippen MR) is 66.8 cm³/mol. The summed E-state index contributed by atoms with van der Waals surface area (Å²) >= 11 is 3.51. The Hall–Kier alpha value is -1.07. The third-order valence-electron chi connectivity index (χ3n) is 3.09. The summed E-state index contributed by atoms with van der Waals surface area (Å²) < 4.78 is 2.83. The lowest BCUT2D eigenvalue weighted by Gasteiger charge is -2.11. The lowest BCUT2D eigenvalue weighted by atomic mass is 10.2. The molecule has 1 aromatic carbocycles. The Balaban J connectivity index is 2.29. The lowest BCUT2D eigenvalue weighted by molar-refractivity contribution is 0.545. The van der Waals surface area contributed by atoms with Crippen LogP contribution in [-0.4, -0.2) is 22.6 Å². The number of aromatic nitrogens is 2. The Morgan fingerprint density at radius 1 is 1.44 bits per heavy atom. The minimum absolute atomic E-state index is 0.0180. The average Bonchev–Trinajstić information content (AvgIpc) is 2.84. The second kappa shape index (κ2) is 3.75. The lowest BCUT2D eigenvalue weighted by Crippen LogP contribution is -2.24. The Labute approximate surface area is 101 Å². The number of H-pyrrole nitrogens is 1. The number of nitrogens with one attached hydrogen (secondary N) is 2. The van der Waals surface area contributed by atoms with Crippen molar-refractivity contribution < 1.29 is 0 Å². The van der Waals surface area contributed by atoms with E-state index in [1.54, 1.807) is 0 Å². The molecule has 0 radical (unpaired) electrons. The van der Waals surface area contributed by atoms with Gasteiger partial charge < -0.3 is 10.3 Å². The molecule has 1 aromatic heterocycles. The van der Waals surface area contributed by atoms with Crippen LogP contribution in [0.5, 0.6) is 0 Å². The van der Waals surface area contributed by atoms with Crippen LogP contribution in [0.25, 0.3) is 11.0 Å². The van der Waals surface area contributed by atoms with Gasteiger partial charge in [-0.15, -0.1) is 0 Å². The molecule has 16 heavy (non-hydrogen) atoms. The zero-order valence-electron chi connectivity index (χ0n) is 8.66. The van der Waals surface area contributed by atoms with Crippen LogP contribution in [0.15, 0.2) is 27.5 Å². The van der Waals surface area contributed by atoms with Gasteiger partial charge in [0.15, 0.2) is 0 Å². The Bertz CT molecular complexity index is 580. The van der Waals surface area contributed by atoms with Crippen LogP contribution < -0.4 is 11.0 Å². The van der Waals surface area contributed by atoms with Gasteiger partial charge in [0.05, 0.1) is 17.1 Å². The number of para-hydroxylation sites is 1. The summed E-state index contributed by atoms with van der Waals surface area (Å²) in [6.07, 6.45) is 1.01. The van der Waals surface area contributed by atoms with E-state index in [1.807, 2.05) is 22.8 Å². The van der Waals surface area contributed by atoms with Gasteiger partial charge in [-0.1, -0.05) is 6.07 Å². The van der Waals surface area contributed by atoms with Crippen LogP contribution in [0, 0.1) is 0 Å². The highest BCUT2D eigenvalue weighted by molar-refractivity contribution is 9.10. The molecule has 5 heteroatoms. The third-order valence-corrected chi connectivity index (χ3v) is 3.73. The molecule has 84 valence electrons. The maximum atomic E-state index is 11.9. The highest BCUT2D eigenvalue weighted by Crippen LogP contribution is 2.25. The quantitative estimate of drug-likeness (QED) is 0.835. The van der Waals surface area contributed by atoms with E-state index in [9.17, 15) is 4.79 Å². The number of nitrogens with zero attached hydrogens (tertiary/aromatic N) is 1. The van der Waals surface area contributed by atoms with E-state index < -0.39 is 0 Å². The molecule has 1 fully saturated rings. The third kappa shape index (κ3) is 1.43. The van der Waals surface area contributed by atoms with Gasteiger partial charge in [-0.3, -0.25) is 4.57 Å². The summed E-state index contributed by atoms with van der Waals surface area (Å²) in [6.45, 7) is 1.85. The van der Waals surface area contributed by atoms with E-state index in [-0.39, 0.29) is 11.7 Å². The number of hydrogen-bond donors (Lipinski definition) is 2. The molecule has 0 spiro atoms. The van der Waals surface area contributed by atoms with Crippen molar-refractivity contribution in [2.24, 2.45) is 0 Å². The van der Waals surface area contributed by atoms with E-state index in [0.717, 1.165) is 35.0 Å². The van der Waals surface area contributed by atoms with Gasteiger partial charge in [-0.25, -0.2) is 4.79 Å². The molecule has 3 rings (SSSR count). The van der Waals surface area contributed by atoms with Crippen molar-refractivity contribution in [1.82, 2.24) is 14.9 Å². The number of halogens is 1. The minimum atomic E-state index is -0.0180. The number of benzene rings is 1. The zero-order chi connectivity index (χ0) is 11.1. The molecular weight excluding hydrogens is 270 g/mol. The monoisotopic (exact) mass is 281 g/mol. The van der Waals surface area contributed by atoms with Crippen molar-refractivity contribution in [3.8, 4) is 0 Å². The van der Waals surface area contributed by atoms with E-state index in [2.05, 4.69) is 26.2 Å². The number of hydrogen-bond acceptors (Lipinski definition) is 2. The number of aromatic amines is 1. The second-order valence-corrected chi connectivity index (χ2v) is 4.94. The van der Waals surface area contributed by atoms with Crippen molar-refractivity contribution in [1.29, 1.82) is 0 Å². The standard InChI is InChI=1S/C11H12BrN3O/c12-8-2-1-3-9-10(8)15(11(16)14-9)7-4-5-13-6-7/h1-3,7,13H,4-6H2,(H,14,16). The molecule has 1 aliphatic heterocycles. The molecule has 1 saturated heterocycles. The van der Waals surface area contributed by atoms with Crippen molar-refractivity contribution in [3.05, 3.63) is 33.2 Å². The molecule has 2 N–H and O–H groups in total. The number of fused-ring (bicyclic) bond motifs is 1. The van der Waals surface area contributed by atoms with Crippen LogP contribution in [-0.2, 0) is 0 Å². The van der Waals surface area contributed by atoms with E-state index >= 15 is 0 Å². The Morgan fingerprint density at radius 2 is 2.31 bits per heavy atom. The Morgan fingerprint density at radius 3 is 3.06 bits per heavy atom. The first-order valence-electron chi connectivity index (χ1n) is 5.37. The maximum Gasteiger partial charge on any atom is 0.326 e. The normalized spacial score (nSPS) is 20.7. The highest BCUT2D eigenvalue weighted by Gasteiger charge is 2.21. The summed E-state index contributed by atoms with van der Waals surface area (Å²) in [6, 6.07) is 6.09. The van der Waals surface area contributed by atoms with Crippen molar-refractivity contribution in [2.45, 2.75) is 12.5 Å². The van der Waals surface area contributed by atoms with Gasteiger partial charge >= 0.3 is 5.69 Å². The fraction of sp³-hybridized carbons (Fsp3) is 0.364. The topological polar surface area (TPSA) is 49.8 Å². The summed E-state index contributed by atoms with van der Waals surface area (Å²) in [5.74, 6) is 0. The summed E-state index contributed by atoms with van der Waals surface area (Å²) in [5.41, 5.74) is 1.85. The molecule has 4 nitrogen and oxygen atoms in total. The summed E-state index contributed by atoms with van der Waals surface area (Å²) in [7, 11) is 0. The van der Waals surface area contributed by atoms with Gasteiger partial charge in [0.1, 0.15) is 0 Å².